The summed E-state index contributed by atoms with van der Waals surface area (Å²) in [6, 6.07) is 0. The normalized spacial score (nSPS) is 12.7. The lowest BCUT2D eigenvalue weighted by atomic mass is 10.1. The van der Waals surface area contributed by atoms with E-state index in [0.29, 0.717) is 12.8 Å². The summed E-state index contributed by atoms with van der Waals surface area (Å²) in [6.45, 7) is 4.23. The van der Waals surface area contributed by atoms with Gasteiger partial charge in [0, 0.05) is 12.8 Å². The molecule has 0 fully saturated rings. The van der Waals surface area contributed by atoms with Gasteiger partial charge in [0.05, 0.1) is 0 Å². The number of carbonyl (C=O) groups excluding carboxylic acids is 2. The first kappa shape index (κ1) is 43.9. The van der Waals surface area contributed by atoms with Crippen LogP contribution in [0.1, 0.15) is 181 Å². The number of esters is 2. The number of allylic oxidation sites excluding steroid dienone is 8. The topological polar surface area (TPSA) is 72.8 Å². The van der Waals surface area contributed by atoms with Gasteiger partial charge in [0.15, 0.2) is 0 Å². The summed E-state index contributed by atoms with van der Waals surface area (Å²) in [5.41, 5.74) is 0. The van der Waals surface area contributed by atoms with Crippen molar-refractivity contribution in [2.24, 2.45) is 0 Å². The molecule has 266 valence electrons. The molecule has 5 heteroatoms. The second kappa shape index (κ2) is 37.3. The first-order chi connectivity index (χ1) is 22.6. The maximum Gasteiger partial charge on any atom is 0.305 e. The molecule has 0 saturated heterocycles. The van der Waals surface area contributed by atoms with Gasteiger partial charge < -0.3 is 14.6 Å². The van der Waals surface area contributed by atoms with Gasteiger partial charge in [-0.05, 0) is 77.0 Å². The molecule has 0 aliphatic heterocycles. The first-order valence-electron chi connectivity index (χ1n) is 19.2. The maximum atomic E-state index is 11.9. The van der Waals surface area contributed by atoms with E-state index in [1.807, 2.05) is 0 Å². The summed E-state index contributed by atoms with van der Waals surface area (Å²) in [5, 5.41) is 10.00. The van der Waals surface area contributed by atoms with Crippen molar-refractivity contribution in [1.29, 1.82) is 0 Å². The molecule has 0 amide bonds. The maximum absolute atomic E-state index is 11.9. The molecule has 0 aliphatic rings. The second-order valence-electron chi connectivity index (χ2n) is 12.7. The van der Waals surface area contributed by atoms with Crippen molar-refractivity contribution in [2.45, 2.75) is 187 Å². The zero-order valence-electron chi connectivity index (χ0n) is 30.1. The van der Waals surface area contributed by atoms with Gasteiger partial charge in [-0.2, -0.15) is 0 Å². The van der Waals surface area contributed by atoms with Crippen LogP contribution in [-0.4, -0.2) is 36.4 Å². The highest BCUT2D eigenvalue weighted by Gasteiger charge is 2.12. The van der Waals surface area contributed by atoms with Gasteiger partial charge in [0.2, 0.25) is 0 Å². The van der Waals surface area contributed by atoms with Crippen molar-refractivity contribution in [2.75, 3.05) is 13.2 Å². The van der Waals surface area contributed by atoms with Crippen LogP contribution in [0, 0.1) is 0 Å². The third kappa shape index (κ3) is 36.3. The smallest absolute Gasteiger partial charge is 0.305 e. The van der Waals surface area contributed by atoms with Crippen LogP contribution in [0.3, 0.4) is 0 Å². The summed E-state index contributed by atoms with van der Waals surface area (Å²) in [6.07, 6.45) is 45.8. The van der Waals surface area contributed by atoms with Gasteiger partial charge in [-0.25, -0.2) is 0 Å². The fraction of sp³-hybridized carbons (Fsp3) is 0.756. The Labute approximate surface area is 284 Å². The van der Waals surface area contributed by atoms with E-state index in [0.717, 1.165) is 64.2 Å². The zero-order chi connectivity index (χ0) is 33.6. The Bertz CT molecular complexity index is 782. The van der Waals surface area contributed by atoms with Crippen molar-refractivity contribution in [3.8, 4) is 0 Å². The molecule has 0 aliphatic carbocycles. The largest absolute Gasteiger partial charge is 0.463 e. The lowest BCUT2D eigenvalue weighted by molar-refractivity contribution is -0.152. The average molecular weight is 645 g/mol. The minimum atomic E-state index is -0.975. The van der Waals surface area contributed by atoms with E-state index in [1.54, 1.807) is 0 Å². The molecule has 46 heavy (non-hydrogen) atoms. The zero-order valence-corrected chi connectivity index (χ0v) is 30.1. The molecule has 0 bridgehead atoms. The Morgan fingerprint density at radius 2 is 0.761 bits per heavy atom. The van der Waals surface area contributed by atoms with Crippen LogP contribution in [0.4, 0.5) is 0 Å². The Hall–Kier alpha value is -2.14. The molecular weight excluding hydrogens is 572 g/mol. The van der Waals surface area contributed by atoms with Gasteiger partial charge in [-0.15, -0.1) is 0 Å². The number of hydrogen-bond donors (Lipinski definition) is 1. The number of unbranched alkanes of at least 4 members (excludes halogenated alkanes) is 18. The van der Waals surface area contributed by atoms with Crippen LogP contribution in [-0.2, 0) is 19.1 Å². The molecular formula is C41H72O5. The van der Waals surface area contributed by atoms with Gasteiger partial charge in [-0.1, -0.05) is 140 Å². The number of carbonyl (C=O) groups is 2. The summed E-state index contributed by atoms with van der Waals surface area (Å²) in [5.74, 6) is -0.596. The van der Waals surface area contributed by atoms with E-state index in [4.69, 9.17) is 9.47 Å². The number of aliphatic hydroxyl groups is 1. The van der Waals surface area contributed by atoms with Crippen LogP contribution in [0.2, 0.25) is 0 Å². The fourth-order valence-electron chi connectivity index (χ4n) is 5.09. The van der Waals surface area contributed by atoms with E-state index >= 15 is 0 Å². The fourth-order valence-corrected chi connectivity index (χ4v) is 5.09. The van der Waals surface area contributed by atoms with Crippen LogP contribution >= 0.6 is 0 Å². The molecule has 0 saturated carbocycles. The molecule has 0 unspecified atom stereocenters. The monoisotopic (exact) mass is 645 g/mol. The van der Waals surface area contributed by atoms with Crippen molar-refractivity contribution < 1.29 is 24.2 Å². The molecule has 0 spiro atoms. The van der Waals surface area contributed by atoms with Gasteiger partial charge in [-0.3, -0.25) is 9.59 Å². The highest BCUT2D eigenvalue weighted by molar-refractivity contribution is 5.69. The number of rotatable bonds is 34. The summed E-state index contributed by atoms with van der Waals surface area (Å²) >= 11 is 0. The molecule has 0 aromatic heterocycles. The summed E-state index contributed by atoms with van der Waals surface area (Å²) in [4.78, 5) is 23.9. The van der Waals surface area contributed by atoms with E-state index in [1.165, 1.54) is 89.9 Å². The minimum absolute atomic E-state index is 0.126. The molecule has 1 N–H and O–H groups in total. The molecule has 0 radical (unpaired) electrons. The molecule has 0 rings (SSSR count). The summed E-state index contributed by atoms with van der Waals surface area (Å²) < 4.78 is 10.3. The Balaban J connectivity index is 3.50. The Morgan fingerprint density at radius 3 is 1.20 bits per heavy atom. The SMILES string of the molecule is CCCCC/C=C\C/C=C\C/C=C\CCCCCCC(=O)OC[C@H](O)COC(=O)CCCCCCCCC/C=C\CCCCCC. The van der Waals surface area contributed by atoms with Gasteiger partial charge in [0.1, 0.15) is 19.3 Å². The van der Waals surface area contributed by atoms with Crippen LogP contribution in [0.25, 0.3) is 0 Å². The standard InChI is InChI=1S/C41H72O5/c1-3-5-7-9-11-13-15-17-19-20-22-24-26-28-30-32-34-36-41(44)46-38-39(42)37-45-40(43)35-33-31-29-27-25-23-21-18-16-14-12-10-8-6-4-2/h11,13-14,16-17,19,22,24,39,42H,3-10,12,15,18,20-21,23,25-38H2,1-2H3/b13-11-,16-14-,19-17-,24-22-/t39-/m1/s1. The van der Waals surface area contributed by atoms with Gasteiger partial charge in [0.25, 0.3) is 0 Å². The lowest BCUT2D eigenvalue weighted by Crippen LogP contribution is -2.25. The first-order valence-corrected chi connectivity index (χ1v) is 19.2. The Morgan fingerprint density at radius 1 is 0.457 bits per heavy atom. The van der Waals surface area contributed by atoms with E-state index in [9.17, 15) is 14.7 Å². The van der Waals surface area contributed by atoms with Crippen molar-refractivity contribution in [1.82, 2.24) is 0 Å². The van der Waals surface area contributed by atoms with Crippen molar-refractivity contribution in [3.63, 3.8) is 0 Å². The molecule has 0 aromatic rings. The minimum Gasteiger partial charge on any atom is -0.463 e. The van der Waals surface area contributed by atoms with Crippen LogP contribution in [0.5, 0.6) is 0 Å². The van der Waals surface area contributed by atoms with Gasteiger partial charge >= 0.3 is 11.9 Å². The molecule has 0 heterocycles. The number of hydrogen-bond acceptors (Lipinski definition) is 5. The van der Waals surface area contributed by atoms with Crippen molar-refractivity contribution in [3.05, 3.63) is 48.6 Å². The third-order valence-corrected chi connectivity index (χ3v) is 8.04. The van der Waals surface area contributed by atoms with Crippen LogP contribution < -0.4 is 0 Å². The van der Waals surface area contributed by atoms with Crippen LogP contribution in [0.15, 0.2) is 48.6 Å². The number of aliphatic hydroxyl groups excluding tert-OH is 1. The average Bonchev–Trinajstić information content (AvgIpc) is 3.06. The van der Waals surface area contributed by atoms with E-state index in [-0.39, 0.29) is 25.2 Å². The highest BCUT2D eigenvalue weighted by Crippen LogP contribution is 2.12. The number of ether oxygens (including phenoxy) is 2. The second-order valence-corrected chi connectivity index (χ2v) is 12.7. The van der Waals surface area contributed by atoms with E-state index < -0.39 is 6.10 Å². The third-order valence-electron chi connectivity index (χ3n) is 8.04. The highest BCUT2D eigenvalue weighted by atomic mass is 16.6. The predicted octanol–water partition coefficient (Wildman–Crippen LogP) is 11.8. The molecule has 5 nitrogen and oxygen atoms in total. The summed E-state index contributed by atoms with van der Waals surface area (Å²) in [7, 11) is 0. The molecule has 0 aromatic carbocycles. The Kier molecular flexibility index (Phi) is 35.6. The van der Waals surface area contributed by atoms with E-state index in [2.05, 4.69) is 62.5 Å². The predicted molar refractivity (Wildman–Crippen MR) is 196 cm³/mol. The quantitative estimate of drug-likeness (QED) is 0.0429. The lowest BCUT2D eigenvalue weighted by Gasteiger charge is -2.12. The molecule has 1 atom stereocenters. The van der Waals surface area contributed by atoms with Crippen molar-refractivity contribution >= 4 is 11.9 Å².